The Hall–Kier alpha value is -1.30. The third-order valence-electron chi connectivity index (χ3n) is 3.07. The molecule has 0 fully saturated rings. The lowest BCUT2D eigenvalue weighted by Crippen LogP contribution is -2.21. The Morgan fingerprint density at radius 3 is 2.79 bits per heavy atom. The maximum atomic E-state index is 10.9. The maximum absolute atomic E-state index is 10.9. The third-order valence-corrected chi connectivity index (χ3v) is 3.99. The van der Waals surface area contributed by atoms with Crippen molar-refractivity contribution in [3.63, 3.8) is 0 Å². The molecule has 0 spiro atoms. The second-order valence-corrected chi connectivity index (χ2v) is 5.76. The van der Waals surface area contributed by atoms with Gasteiger partial charge >= 0.3 is 0 Å². The lowest BCUT2D eigenvalue weighted by atomic mass is 10.0. The lowest BCUT2D eigenvalue weighted by Gasteiger charge is -2.17. The Balaban J connectivity index is 2.16. The van der Waals surface area contributed by atoms with Gasteiger partial charge in [0.25, 0.3) is 0 Å². The molecule has 1 aromatic carbocycles. The number of carbonyl (C=O) groups is 1. The van der Waals surface area contributed by atoms with E-state index in [-0.39, 0.29) is 10.9 Å². The van der Waals surface area contributed by atoms with Crippen LogP contribution in [0.4, 0.5) is 0 Å². The summed E-state index contributed by atoms with van der Waals surface area (Å²) in [6.45, 7) is 1.44. The van der Waals surface area contributed by atoms with Crippen molar-refractivity contribution in [3.05, 3.63) is 36.0 Å². The van der Waals surface area contributed by atoms with Crippen LogP contribution in [0.1, 0.15) is 18.6 Å². The van der Waals surface area contributed by atoms with Crippen LogP contribution in [-0.2, 0) is 11.8 Å². The van der Waals surface area contributed by atoms with Crippen molar-refractivity contribution in [2.75, 3.05) is 5.75 Å². The third kappa shape index (κ3) is 3.18. The Morgan fingerprint density at radius 1 is 1.37 bits per heavy atom. The molecule has 2 N–H and O–H groups in total. The first-order chi connectivity index (χ1) is 8.99. The molecule has 0 aliphatic rings. The zero-order chi connectivity index (χ0) is 14.0. The molecule has 0 saturated heterocycles. The minimum absolute atomic E-state index is 0.0650. The molecule has 0 amide bonds. The predicted molar refractivity (Wildman–Crippen MR) is 77.0 cm³/mol. The standard InChI is InChI=1S/C14H17NO3S/c1-9(16)19-8-13(17)14(18)11-3-4-12-10(7-11)5-6-15(12)2/h3-7,13-14,17-18H,8H2,1-2H3. The Labute approximate surface area is 116 Å². The highest BCUT2D eigenvalue weighted by Crippen LogP contribution is 2.24. The number of nitrogens with zero attached hydrogens (tertiary/aromatic N) is 1. The van der Waals surface area contributed by atoms with E-state index in [1.54, 1.807) is 6.07 Å². The van der Waals surface area contributed by atoms with Crippen molar-refractivity contribution in [1.29, 1.82) is 0 Å². The summed E-state index contributed by atoms with van der Waals surface area (Å²) >= 11 is 1.02. The molecular weight excluding hydrogens is 262 g/mol. The first kappa shape index (κ1) is 14.1. The van der Waals surface area contributed by atoms with Crippen molar-refractivity contribution in [1.82, 2.24) is 4.57 Å². The smallest absolute Gasteiger partial charge is 0.185 e. The predicted octanol–water partition coefficient (Wildman–Crippen LogP) is 1.85. The second-order valence-electron chi connectivity index (χ2n) is 4.56. The Bertz CT molecular complexity index is 593. The van der Waals surface area contributed by atoms with Crippen LogP contribution in [-0.4, -0.2) is 31.8 Å². The van der Waals surface area contributed by atoms with Gasteiger partial charge in [-0.1, -0.05) is 17.8 Å². The molecule has 0 radical (unpaired) electrons. The molecule has 5 heteroatoms. The van der Waals surface area contributed by atoms with Crippen molar-refractivity contribution in [2.24, 2.45) is 7.05 Å². The molecular formula is C14H17NO3S. The van der Waals surface area contributed by atoms with E-state index in [0.717, 1.165) is 22.7 Å². The molecule has 4 nitrogen and oxygen atoms in total. The monoisotopic (exact) mass is 279 g/mol. The van der Waals surface area contributed by atoms with E-state index in [0.29, 0.717) is 5.56 Å². The molecule has 2 aromatic rings. The fourth-order valence-electron chi connectivity index (χ4n) is 2.00. The normalized spacial score (nSPS) is 14.5. The van der Waals surface area contributed by atoms with Gasteiger partial charge < -0.3 is 14.8 Å². The van der Waals surface area contributed by atoms with Crippen LogP contribution in [0.5, 0.6) is 0 Å². The highest BCUT2D eigenvalue weighted by atomic mass is 32.2. The minimum atomic E-state index is -0.976. The number of aliphatic hydroxyl groups excluding tert-OH is 2. The molecule has 1 aromatic heterocycles. The van der Waals surface area contributed by atoms with Gasteiger partial charge in [0.2, 0.25) is 0 Å². The van der Waals surface area contributed by atoms with E-state index in [1.165, 1.54) is 6.92 Å². The van der Waals surface area contributed by atoms with E-state index in [1.807, 2.05) is 36.0 Å². The summed E-state index contributed by atoms with van der Waals surface area (Å²) < 4.78 is 1.99. The number of hydrogen-bond acceptors (Lipinski definition) is 4. The minimum Gasteiger partial charge on any atom is -0.389 e. The number of aliphatic hydroxyl groups is 2. The van der Waals surface area contributed by atoms with Gasteiger partial charge in [0, 0.05) is 31.4 Å². The molecule has 0 aliphatic heterocycles. The van der Waals surface area contributed by atoms with Crippen LogP contribution < -0.4 is 0 Å². The van der Waals surface area contributed by atoms with Gasteiger partial charge in [-0.25, -0.2) is 0 Å². The zero-order valence-corrected chi connectivity index (χ0v) is 11.7. The first-order valence-electron chi connectivity index (χ1n) is 6.03. The van der Waals surface area contributed by atoms with E-state index in [9.17, 15) is 15.0 Å². The van der Waals surface area contributed by atoms with Crippen LogP contribution in [0.2, 0.25) is 0 Å². The van der Waals surface area contributed by atoms with E-state index in [2.05, 4.69) is 0 Å². The highest BCUT2D eigenvalue weighted by molar-refractivity contribution is 8.13. The quantitative estimate of drug-likeness (QED) is 0.896. The summed E-state index contributed by atoms with van der Waals surface area (Å²) in [6, 6.07) is 7.54. The number of thioether (sulfide) groups is 1. The van der Waals surface area contributed by atoms with E-state index in [4.69, 9.17) is 0 Å². The van der Waals surface area contributed by atoms with Gasteiger partial charge in [-0.05, 0) is 29.1 Å². The van der Waals surface area contributed by atoms with Crippen LogP contribution >= 0.6 is 11.8 Å². The lowest BCUT2D eigenvalue weighted by molar-refractivity contribution is -0.109. The van der Waals surface area contributed by atoms with Crippen LogP contribution in [0.15, 0.2) is 30.5 Å². The van der Waals surface area contributed by atoms with Crippen molar-refractivity contribution in [2.45, 2.75) is 19.1 Å². The summed E-state index contributed by atoms with van der Waals surface area (Å²) in [5.41, 5.74) is 1.74. The summed E-state index contributed by atoms with van der Waals surface area (Å²) in [5.74, 6) is 0.198. The molecule has 102 valence electrons. The van der Waals surface area contributed by atoms with Crippen molar-refractivity contribution in [3.8, 4) is 0 Å². The fraction of sp³-hybridized carbons (Fsp3) is 0.357. The van der Waals surface area contributed by atoms with Gasteiger partial charge in [-0.3, -0.25) is 4.79 Å². The van der Waals surface area contributed by atoms with Crippen LogP contribution in [0, 0.1) is 0 Å². The van der Waals surface area contributed by atoms with Gasteiger partial charge in [0.15, 0.2) is 5.12 Å². The van der Waals surface area contributed by atoms with Gasteiger partial charge in [0.05, 0.1) is 6.10 Å². The summed E-state index contributed by atoms with van der Waals surface area (Å²) in [5, 5.41) is 20.9. The summed E-state index contributed by atoms with van der Waals surface area (Å²) in [4.78, 5) is 10.9. The van der Waals surface area contributed by atoms with Gasteiger partial charge in [-0.15, -0.1) is 0 Å². The highest BCUT2D eigenvalue weighted by Gasteiger charge is 2.19. The molecule has 19 heavy (non-hydrogen) atoms. The maximum Gasteiger partial charge on any atom is 0.185 e. The zero-order valence-electron chi connectivity index (χ0n) is 10.9. The van der Waals surface area contributed by atoms with Crippen molar-refractivity contribution >= 4 is 27.8 Å². The largest absolute Gasteiger partial charge is 0.389 e. The number of fused-ring (bicyclic) bond motifs is 1. The SMILES string of the molecule is CC(=O)SCC(O)C(O)c1ccc2c(ccn2C)c1. The van der Waals surface area contributed by atoms with Gasteiger partial charge in [-0.2, -0.15) is 0 Å². The number of carbonyl (C=O) groups excluding carboxylic acids is 1. The van der Waals surface area contributed by atoms with E-state index < -0.39 is 12.2 Å². The molecule has 2 unspecified atom stereocenters. The average Bonchev–Trinajstić information content (AvgIpc) is 2.76. The number of aromatic nitrogens is 1. The number of rotatable bonds is 4. The summed E-state index contributed by atoms with van der Waals surface area (Å²) in [7, 11) is 1.96. The second kappa shape index (κ2) is 5.77. The Morgan fingerprint density at radius 2 is 2.11 bits per heavy atom. The fourth-order valence-corrected chi connectivity index (χ4v) is 2.59. The molecule has 0 bridgehead atoms. The van der Waals surface area contributed by atoms with Crippen LogP contribution in [0.3, 0.4) is 0 Å². The first-order valence-corrected chi connectivity index (χ1v) is 7.02. The van der Waals surface area contributed by atoms with E-state index >= 15 is 0 Å². The topological polar surface area (TPSA) is 62.5 Å². The molecule has 0 saturated carbocycles. The average molecular weight is 279 g/mol. The molecule has 2 atom stereocenters. The van der Waals surface area contributed by atoms with Crippen LogP contribution in [0.25, 0.3) is 10.9 Å². The molecule has 2 rings (SSSR count). The van der Waals surface area contributed by atoms with Gasteiger partial charge in [0.1, 0.15) is 6.10 Å². The Kier molecular flexibility index (Phi) is 4.29. The number of benzene rings is 1. The molecule has 0 aliphatic carbocycles. The number of aryl methyl sites for hydroxylation is 1. The van der Waals surface area contributed by atoms with Crippen molar-refractivity contribution < 1.29 is 15.0 Å². The molecule has 1 heterocycles. The summed E-state index contributed by atoms with van der Waals surface area (Å²) in [6.07, 6.45) is 0.0228. The number of hydrogen-bond donors (Lipinski definition) is 2.